The lowest BCUT2D eigenvalue weighted by atomic mass is 9.93. The van der Waals surface area contributed by atoms with Gasteiger partial charge in [-0.1, -0.05) is 0 Å². The fraction of sp³-hybridized carbons (Fsp3) is 0.611. The largest absolute Gasteiger partial charge is 0.444 e. The number of alkyl carbamates (subject to hydrolysis) is 1. The normalized spacial score (nSPS) is 16.1. The second kappa shape index (κ2) is 7.82. The second-order valence-corrected chi connectivity index (χ2v) is 8.50. The van der Waals surface area contributed by atoms with Gasteiger partial charge in [-0.05, 0) is 74.0 Å². The maximum Gasteiger partial charge on any atom is 0.407 e. The topological polar surface area (TPSA) is 71.8 Å². The van der Waals surface area contributed by atoms with Gasteiger partial charge in [-0.2, -0.15) is 0 Å². The number of hydrogen-bond donors (Lipinski definition) is 1. The molecular weight excluding hydrogens is 398 g/mol. The van der Waals surface area contributed by atoms with Crippen LogP contribution in [0.3, 0.4) is 0 Å². The highest BCUT2D eigenvalue weighted by atomic mass is 79.9. The lowest BCUT2D eigenvalue weighted by Crippen LogP contribution is -2.37. The molecule has 0 spiro atoms. The molecule has 0 aromatic carbocycles. The van der Waals surface area contributed by atoms with Gasteiger partial charge in [0, 0.05) is 19.6 Å². The van der Waals surface area contributed by atoms with Crippen LogP contribution in [0.4, 0.5) is 10.6 Å². The van der Waals surface area contributed by atoms with E-state index in [0.29, 0.717) is 12.5 Å². The van der Waals surface area contributed by atoms with E-state index in [9.17, 15) is 4.79 Å². The van der Waals surface area contributed by atoms with Crippen LogP contribution in [0.25, 0.3) is 5.65 Å². The third kappa shape index (κ3) is 4.87. The Hall–Kier alpha value is -1.83. The molecule has 0 saturated carbocycles. The van der Waals surface area contributed by atoms with Crippen LogP contribution < -0.4 is 10.2 Å². The number of piperidine rings is 1. The molecule has 0 atom stereocenters. The van der Waals surface area contributed by atoms with Crippen molar-refractivity contribution in [2.45, 2.75) is 45.6 Å². The van der Waals surface area contributed by atoms with Crippen LogP contribution in [0.2, 0.25) is 0 Å². The van der Waals surface area contributed by atoms with E-state index in [4.69, 9.17) is 4.74 Å². The Morgan fingerprint density at radius 3 is 2.77 bits per heavy atom. The highest BCUT2D eigenvalue weighted by molar-refractivity contribution is 9.10. The van der Waals surface area contributed by atoms with Gasteiger partial charge in [-0.3, -0.25) is 0 Å². The van der Waals surface area contributed by atoms with Crippen molar-refractivity contribution in [2.75, 3.05) is 24.5 Å². The van der Waals surface area contributed by atoms with Gasteiger partial charge in [0.25, 0.3) is 0 Å². The summed E-state index contributed by atoms with van der Waals surface area (Å²) in [4.78, 5) is 18.3. The summed E-state index contributed by atoms with van der Waals surface area (Å²) in [6, 6.07) is 4.02. The van der Waals surface area contributed by atoms with Crippen molar-refractivity contribution in [1.82, 2.24) is 19.9 Å². The van der Waals surface area contributed by atoms with Gasteiger partial charge in [0.05, 0.1) is 6.20 Å². The predicted octanol–water partition coefficient (Wildman–Crippen LogP) is 3.62. The van der Waals surface area contributed by atoms with Crippen molar-refractivity contribution in [3.05, 3.63) is 22.9 Å². The van der Waals surface area contributed by atoms with E-state index in [-0.39, 0.29) is 6.09 Å². The van der Waals surface area contributed by atoms with Crippen molar-refractivity contribution in [1.29, 1.82) is 0 Å². The van der Waals surface area contributed by atoms with E-state index < -0.39 is 5.60 Å². The number of nitrogens with one attached hydrogen (secondary N) is 1. The molecule has 26 heavy (non-hydrogen) atoms. The molecule has 3 heterocycles. The fourth-order valence-electron chi connectivity index (χ4n) is 3.15. The van der Waals surface area contributed by atoms with Gasteiger partial charge in [-0.15, -0.1) is 5.10 Å². The maximum absolute atomic E-state index is 11.7. The molecule has 0 aliphatic carbocycles. The Balaban J connectivity index is 1.45. The summed E-state index contributed by atoms with van der Waals surface area (Å²) in [6.07, 6.45) is 4.60. The van der Waals surface area contributed by atoms with E-state index in [1.54, 1.807) is 6.20 Å². The Morgan fingerprint density at radius 2 is 2.08 bits per heavy atom. The zero-order valence-corrected chi connectivity index (χ0v) is 17.1. The van der Waals surface area contributed by atoms with E-state index in [1.807, 2.05) is 37.4 Å². The van der Waals surface area contributed by atoms with Crippen LogP contribution in [-0.2, 0) is 4.74 Å². The molecule has 7 nitrogen and oxygen atoms in total. The van der Waals surface area contributed by atoms with Crippen molar-refractivity contribution < 1.29 is 9.53 Å². The van der Waals surface area contributed by atoms with Crippen molar-refractivity contribution >= 4 is 33.5 Å². The lowest BCUT2D eigenvalue weighted by Gasteiger charge is -2.32. The summed E-state index contributed by atoms with van der Waals surface area (Å²) < 4.78 is 7.93. The molecule has 0 bridgehead atoms. The highest BCUT2D eigenvalue weighted by Crippen LogP contribution is 2.24. The highest BCUT2D eigenvalue weighted by Gasteiger charge is 2.21. The van der Waals surface area contributed by atoms with E-state index in [2.05, 4.69) is 36.2 Å². The first kappa shape index (κ1) is 18.9. The van der Waals surface area contributed by atoms with Crippen molar-refractivity contribution in [2.24, 2.45) is 5.92 Å². The fourth-order valence-corrected chi connectivity index (χ4v) is 3.51. The van der Waals surface area contributed by atoms with Gasteiger partial charge in [0.2, 0.25) is 0 Å². The molecule has 1 aliphatic heterocycles. The van der Waals surface area contributed by atoms with Crippen LogP contribution >= 0.6 is 15.9 Å². The van der Waals surface area contributed by atoms with E-state index >= 15 is 0 Å². The number of nitrogens with zero attached hydrogens (tertiary/aromatic N) is 4. The summed E-state index contributed by atoms with van der Waals surface area (Å²) in [5, 5.41) is 7.51. The number of ether oxygens (including phenoxy) is 1. The van der Waals surface area contributed by atoms with Crippen LogP contribution in [0.15, 0.2) is 22.9 Å². The summed E-state index contributed by atoms with van der Waals surface area (Å²) >= 11 is 3.47. The predicted molar refractivity (Wildman–Crippen MR) is 104 cm³/mol. The van der Waals surface area contributed by atoms with Crippen LogP contribution in [0.1, 0.15) is 40.0 Å². The van der Waals surface area contributed by atoms with E-state index in [0.717, 1.165) is 48.4 Å². The molecule has 1 aliphatic rings. The minimum Gasteiger partial charge on any atom is -0.444 e. The van der Waals surface area contributed by atoms with Gasteiger partial charge in [-0.25, -0.2) is 14.3 Å². The number of imidazole rings is 1. The molecule has 0 unspecified atom stereocenters. The Labute approximate surface area is 162 Å². The molecule has 142 valence electrons. The third-order valence-electron chi connectivity index (χ3n) is 4.47. The van der Waals surface area contributed by atoms with E-state index in [1.165, 1.54) is 0 Å². The zero-order valence-electron chi connectivity index (χ0n) is 15.5. The standard InChI is InChI=1S/C18H26BrN5O2/c1-18(2,3)26-17(25)20-9-6-13-7-10-23(11-8-13)16-5-4-15-21-12-14(19)24(15)22-16/h4-5,12-13H,6-11H2,1-3H3,(H,20,25). The zero-order chi connectivity index (χ0) is 18.7. The van der Waals surface area contributed by atoms with Gasteiger partial charge in [0.1, 0.15) is 16.0 Å². The Kier molecular flexibility index (Phi) is 5.70. The smallest absolute Gasteiger partial charge is 0.407 e. The molecule has 8 heteroatoms. The van der Waals surface area contributed by atoms with Crippen molar-refractivity contribution in [3.63, 3.8) is 0 Å². The number of anilines is 1. The minimum atomic E-state index is -0.451. The number of halogens is 1. The number of aromatic nitrogens is 3. The average molecular weight is 424 g/mol. The molecule has 3 rings (SSSR count). The quantitative estimate of drug-likeness (QED) is 0.812. The molecule has 0 radical (unpaired) electrons. The van der Waals surface area contributed by atoms with Crippen LogP contribution in [0.5, 0.6) is 0 Å². The summed E-state index contributed by atoms with van der Waals surface area (Å²) in [6.45, 7) is 8.22. The number of amides is 1. The molecule has 1 amide bonds. The van der Waals surface area contributed by atoms with Gasteiger partial charge >= 0.3 is 6.09 Å². The summed E-state index contributed by atoms with van der Waals surface area (Å²) in [5.41, 5.74) is 0.386. The number of rotatable bonds is 4. The number of carbonyl (C=O) groups is 1. The first-order chi connectivity index (χ1) is 12.3. The van der Waals surface area contributed by atoms with Gasteiger partial charge < -0.3 is 15.0 Å². The molecule has 2 aromatic rings. The molecule has 1 saturated heterocycles. The molecular formula is C18H26BrN5O2. The first-order valence-electron chi connectivity index (χ1n) is 9.04. The van der Waals surface area contributed by atoms with Crippen LogP contribution in [-0.4, -0.2) is 45.9 Å². The first-order valence-corrected chi connectivity index (χ1v) is 9.83. The SMILES string of the molecule is CC(C)(C)OC(=O)NCCC1CCN(c2ccc3ncc(Br)n3n2)CC1. The van der Waals surface area contributed by atoms with Gasteiger partial charge in [0.15, 0.2) is 5.65 Å². The van der Waals surface area contributed by atoms with Crippen molar-refractivity contribution in [3.8, 4) is 0 Å². The lowest BCUT2D eigenvalue weighted by molar-refractivity contribution is 0.0524. The minimum absolute atomic E-state index is 0.335. The maximum atomic E-state index is 11.7. The summed E-state index contributed by atoms with van der Waals surface area (Å²) in [7, 11) is 0. The average Bonchev–Trinajstić information content (AvgIpc) is 2.95. The second-order valence-electron chi connectivity index (χ2n) is 7.69. The molecule has 1 fully saturated rings. The number of fused-ring (bicyclic) bond motifs is 1. The Bertz CT molecular complexity index is 763. The molecule has 1 N–H and O–H groups in total. The number of carbonyl (C=O) groups excluding carboxylic acids is 1. The third-order valence-corrected chi connectivity index (χ3v) is 5.01. The Morgan fingerprint density at radius 1 is 1.35 bits per heavy atom. The summed E-state index contributed by atoms with van der Waals surface area (Å²) in [5.74, 6) is 1.59. The number of hydrogen-bond acceptors (Lipinski definition) is 5. The monoisotopic (exact) mass is 423 g/mol. The molecule has 2 aromatic heterocycles. The van der Waals surface area contributed by atoms with Crippen LogP contribution in [0, 0.1) is 5.92 Å².